The van der Waals surface area contributed by atoms with Crippen molar-refractivity contribution >= 4 is 22.8 Å². The number of hydrogen-bond donors (Lipinski definition) is 1. The Balaban J connectivity index is 1.31. The Morgan fingerprint density at radius 1 is 1.02 bits per heavy atom. The van der Waals surface area contributed by atoms with Gasteiger partial charge in [0.25, 0.3) is 5.56 Å². The molecule has 0 spiro atoms. The van der Waals surface area contributed by atoms with Crippen molar-refractivity contribution in [2.24, 2.45) is 0 Å². The maximum atomic E-state index is 13.3. The van der Waals surface area contributed by atoms with Gasteiger partial charge in [-0.05, 0) is 49.9 Å². The standard InChI is InChI=1S/C31H36N4O5S/c1-20-4-8-23(9-5-20)38-19-26-25(39-24-10-6-21(2)7-11-24)16-27(40-26)35-18-22(17-34-12-14-37-15-13-34)28-29(35)32-31(41-3)33-30(28)36/h4-11,18,25-27H,12-17,19H2,1-3H3,(H,32,33,36)/t25-,26+,27+/m0/s1. The Hall–Kier alpha value is -3.31. The lowest BCUT2D eigenvalue weighted by molar-refractivity contribution is -0.0340. The minimum atomic E-state index is -0.373. The van der Waals surface area contributed by atoms with Crippen LogP contribution in [0.15, 0.2) is 64.7 Å². The van der Waals surface area contributed by atoms with E-state index in [-0.39, 0.29) is 24.0 Å². The van der Waals surface area contributed by atoms with Crippen molar-refractivity contribution < 1.29 is 18.9 Å². The van der Waals surface area contributed by atoms with Crippen LogP contribution < -0.4 is 15.0 Å². The molecule has 4 aromatic rings. The van der Waals surface area contributed by atoms with Crippen molar-refractivity contribution in [3.8, 4) is 11.5 Å². The highest BCUT2D eigenvalue weighted by atomic mass is 32.2. The second kappa shape index (κ2) is 12.3. The van der Waals surface area contributed by atoms with E-state index in [1.807, 2.05) is 65.6 Å². The number of hydrogen-bond acceptors (Lipinski definition) is 8. The van der Waals surface area contributed by atoms with Crippen molar-refractivity contribution in [1.29, 1.82) is 0 Å². The molecule has 0 unspecified atom stereocenters. The fraction of sp³-hybridized carbons (Fsp3) is 0.419. The molecule has 2 saturated heterocycles. The number of benzene rings is 2. The molecule has 10 heteroatoms. The average molecular weight is 577 g/mol. The van der Waals surface area contributed by atoms with E-state index in [2.05, 4.69) is 23.7 Å². The van der Waals surface area contributed by atoms with E-state index >= 15 is 0 Å². The normalized spacial score (nSPS) is 21.4. The SMILES string of the molecule is CSc1nc2c(c(CN3CCOCC3)cn2[C@H]2C[C@H](Oc3ccc(C)cc3)[C@@H](COc3ccc(C)cc3)O2)c(=O)[nH]1. The molecule has 6 rings (SSSR count). The van der Waals surface area contributed by atoms with E-state index in [1.54, 1.807) is 0 Å². The molecule has 0 bridgehead atoms. The van der Waals surface area contributed by atoms with Crippen LogP contribution in [0.25, 0.3) is 11.0 Å². The molecule has 4 heterocycles. The number of aromatic amines is 1. The molecule has 2 aliphatic rings. The van der Waals surface area contributed by atoms with E-state index in [4.69, 9.17) is 23.9 Å². The first-order chi connectivity index (χ1) is 20.0. The molecular weight excluding hydrogens is 540 g/mol. The Kier molecular flexibility index (Phi) is 8.34. The lowest BCUT2D eigenvalue weighted by atomic mass is 10.1. The molecule has 0 radical (unpaired) electrons. The van der Waals surface area contributed by atoms with Crippen LogP contribution in [-0.4, -0.2) is 70.8 Å². The fourth-order valence-electron chi connectivity index (χ4n) is 5.40. The minimum absolute atomic E-state index is 0.133. The fourth-order valence-corrected chi connectivity index (χ4v) is 5.77. The predicted molar refractivity (Wildman–Crippen MR) is 159 cm³/mol. The zero-order chi connectivity index (χ0) is 28.3. The lowest BCUT2D eigenvalue weighted by Gasteiger charge is -2.26. The van der Waals surface area contributed by atoms with Gasteiger partial charge in [0.1, 0.15) is 36.5 Å². The molecule has 2 fully saturated rings. The summed E-state index contributed by atoms with van der Waals surface area (Å²) in [4.78, 5) is 23.4. The van der Waals surface area contributed by atoms with Crippen LogP contribution in [0.2, 0.25) is 0 Å². The first-order valence-electron chi connectivity index (χ1n) is 14.0. The molecule has 2 aromatic carbocycles. The van der Waals surface area contributed by atoms with E-state index in [0.717, 1.165) is 30.2 Å². The number of fused-ring (bicyclic) bond motifs is 1. The summed E-state index contributed by atoms with van der Waals surface area (Å²) >= 11 is 1.41. The molecule has 1 N–H and O–H groups in total. The minimum Gasteiger partial charge on any atom is -0.491 e. The summed E-state index contributed by atoms with van der Waals surface area (Å²) in [6, 6.07) is 16.0. The molecule has 9 nitrogen and oxygen atoms in total. The Morgan fingerprint density at radius 2 is 1.71 bits per heavy atom. The highest BCUT2D eigenvalue weighted by molar-refractivity contribution is 7.98. The van der Waals surface area contributed by atoms with Gasteiger partial charge in [-0.3, -0.25) is 9.69 Å². The second-order valence-corrected chi connectivity index (χ2v) is 11.5. The summed E-state index contributed by atoms with van der Waals surface area (Å²) in [5.74, 6) is 1.57. The van der Waals surface area contributed by atoms with Gasteiger partial charge >= 0.3 is 0 Å². The predicted octanol–water partition coefficient (Wildman–Crippen LogP) is 4.71. The number of rotatable bonds is 9. The van der Waals surface area contributed by atoms with Gasteiger partial charge in [-0.15, -0.1) is 0 Å². The maximum Gasteiger partial charge on any atom is 0.261 e. The number of thioether (sulfide) groups is 1. The summed E-state index contributed by atoms with van der Waals surface area (Å²) < 4.78 is 26.8. The first kappa shape index (κ1) is 27.8. The molecule has 3 atom stereocenters. The van der Waals surface area contributed by atoms with Crippen molar-refractivity contribution in [3.63, 3.8) is 0 Å². The van der Waals surface area contributed by atoms with Crippen molar-refractivity contribution in [3.05, 3.63) is 81.8 Å². The maximum absolute atomic E-state index is 13.3. The summed E-state index contributed by atoms with van der Waals surface area (Å²) in [5, 5.41) is 1.18. The summed E-state index contributed by atoms with van der Waals surface area (Å²) in [6.45, 7) is 8.12. The van der Waals surface area contributed by atoms with Crippen LogP contribution in [0, 0.1) is 13.8 Å². The Labute approximate surface area is 243 Å². The van der Waals surface area contributed by atoms with Gasteiger partial charge in [0, 0.05) is 32.3 Å². The molecule has 2 aliphatic heterocycles. The number of aryl methyl sites for hydroxylation is 2. The Morgan fingerprint density at radius 3 is 2.39 bits per heavy atom. The zero-order valence-electron chi connectivity index (χ0n) is 23.7. The smallest absolute Gasteiger partial charge is 0.261 e. The topological polar surface area (TPSA) is 90.8 Å². The van der Waals surface area contributed by atoms with Gasteiger partial charge in [0.15, 0.2) is 10.8 Å². The third-order valence-electron chi connectivity index (χ3n) is 7.66. The number of H-pyrrole nitrogens is 1. The quantitative estimate of drug-likeness (QED) is 0.226. The average Bonchev–Trinajstić information content (AvgIpc) is 3.55. The summed E-state index contributed by atoms with van der Waals surface area (Å²) in [5.41, 5.74) is 3.77. The third-order valence-corrected chi connectivity index (χ3v) is 8.24. The number of ether oxygens (including phenoxy) is 4. The number of nitrogens with one attached hydrogen (secondary N) is 1. The molecule has 41 heavy (non-hydrogen) atoms. The Bertz CT molecular complexity index is 1530. The largest absolute Gasteiger partial charge is 0.491 e. The molecule has 216 valence electrons. The number of aromatic nitrogens is 3. The van der Waals surface area contributed by atoms with E-state index in [0.29, 0.717) is 49.0 Å². The van der Waals surface area contributed by atoms with Gasteiger partial charge in [-0.1, -0.05) is 47.2 Å². The van der Waals surface area contributed by atoms with Crippen LogP contribution in [0.5, 0.6) is 11.5 Å². The van der Waals surface area contributed by atoms with Crippen molar-refractivity contribution in [2.75, 3.05) is 39.2 Å². The zero-order valence-corrected chi connectivity index (χ0v) is 24.5. The van der Waals surface area contributed by atoms with Gasteiger partial charge < -0.3 is 28.5 Å². The van der Waals surface area contributed by atoms with E-state index < -0.39 is 0 Å². The van der Waals surface area contributed by atoms with E-state index in [9.17, 15) is 4.79 Å². The molecule has 0 amide bonds. The van der Waals surface area contributed by atoms with Crippen LogP contribution in [0.3, 0.4) is 0 Å². The third kappa shape index (κ3) is 6.30. The monoisotopic (exact) mass is 576 g/mol. The van der Waals surface area contributed by atoms with Gasteiger partial charge in [0.05, 0.1) is 18.6 Å². The summed E-state index contributed by atoms with van der Waals surface area (Å²) in [6.07, 6.45) is 3.56. The van der Waals surface area contributed by atoms with Crippen LogP contribution in [0.1, 0.15) is 29.3 Å². The van der Waals surface area contributed by atoms with Crippen LogP contribution in [-0.2, 0) is 16.0 Å². The van der Waals surface area contributed by atoms with E-state index in [1.165, 1.54) is 22.9 Å². The number of morpholine rings is 1. The molecule has 0 saturated carbocycles. The molecular formula is C31H36N4O5S. The second-order valence-electron chi connectivity index (χ2n) is 10.7. The van der Waals surface area contributed by atoms with Gasteiger partial charge in [-0.25, -0.2) is 4.98 Å². The van der Waals surface area contributed by atoms with Crippen molar-refractivity contribution in [1.82, 2.24) is 19.4 Å². The summed E-state index contributed by atoms with van der Waals surface area (Å²) in [7, 11) is 0. The van der Waals surface area contributed by atoms with Gasteiger partial charge in [-0.2, -0.15) is 0 Å². The number of nitrogens with zero attached hydrogens (tertiary/aromatic N) is 3. The lowest BCUT2D eigenvalue weighted by Crippen LogP contribution is -2.35. The van der Waals surface area contributed by atoms with Crippen LogP contribution >= 0.6 is 11.8 Å². The van der Waals surface area contributed by atoms with Crippen molar-refractivity contribution in [2.45, 2.75) is 50.4 Å². The highest BCUT2D eigenvalue weighted by Crippen LogP contribution is 2.35. The highest BCUT2D eigenvalue weighted by Gasteiger charge is 2.39. The first-order valence-corrected chi connectivity index (χ1v) is 15.3. The molecule has 2 aromatic heterocycles. The molecule has 0 aliphatic carbocycles. The van der Waals surface area contributed by atoms with Crippen LogP contribution in [0.4, 0.5) is 0 Å². The van der Waals surface area contributed by atoms with Gasteiger partial charge in [0.2, 0.25) is 0 Å².